The number of hydrogen-bond donors (Lipinski definition) is 2. The Morgan fingerprint density at radius 1 is 1.17 bits per heavy atom. The summed E-state index contributed by atoms with van der Waals surface area (Å²) >= 11 is 0. The molecule has 188 valence electrons. The number of hydrogen-bond acceptors (Lipinski definition) is 9. The number of methoxy groups -OCH3 is 1. The molecule has 2 aromatic heterocycles. The molecule has 4 rings (SSSR count). The zero-order valence-corrected chi connectivity index (χ0v) is 21.1. The Bertz CT molecular complexity index is 1160. The van der Waals surface area contributed by atoms with Crippen LogP contribution in [0.3, 0.4) is 0 Å². The van der Waals surface area contributed by atoms with Crippen LogP contribution in [0.5, 0.6) is 5.75 Å². The molecule has 1 saturated heterocycles. The molecular weight excluding hydrogens is 446 g/mol. The second kappa shape index (κ2) is 11.2. The molecule has 0 aliphatic carbocycles. The average molecular weight is 482 g/mol. The maximum atomic E-state index is 9.74. The first-order valence-corrected chi connectivity index (χ1v) is 12.1. The summed E-state index contributed by atoms with van der Waals surface area (Å²) in [4.78, 5) is 16.8. The summed E-state index contributed by atoms with van der Waals surface area (Å²) in [7, 11) is 1.59. The molecule has 1 aromatic carbocycles. The number of pyridine rings is 1. The van der Waals surface area contributed by atoms with Gasteiger partial charge in [0.2, 0.25) is 5.95 Å². The lowest BCUT2D eigenvalue weighted by Crippen LogP contribution is -2.44. The van der Waals surface area contributed by atoms with Crippen LogP contribution in [0, 0.1) is 0 Å². The van der Waals surface area contributed by atoms with Gasteiger partial charge in [0.25, 0.3) is 0 Å². The molecule has 0 saturated carbocycles. The largest absolute Gasteiger partial charge is 0.496 e. The number of ether oxygens (including phenoxy) is 3. The quantitative estimate of drug-likeness (QED) is 0.474. The second-order valence-electron chi connectivity index (χ2n) is 9.12. The van der Waals surface area contributed by atoms with Crippen LogP contribution < -0.4 is 15.0 Å². The summed E-state index contributed by atoms with van der Waals surface area (Å²) in [6.45, 7) is 10.7. The van der Waals surface area contributed by atoms with Crippen molar-refractivity contribution in [3.05, 3.63) is 35.9 Å². The summed E-state index contributed by atoms with van der Waals surface area (Å²) in [6.07, 6.45) is 0.155. The Hall–Kier alpha value is -3.01. The van der Waals surface area contributed by atoms with E-state index in [4.69, 9.17) is 29.2 Å². The van der Waals surface area contributed by atoms with Crippen LogP contribution in [0.2, 0.25) is 0 Å². The molecule has 0 spiro atoms. The molecule has 1 aliphatic heterocycles. The molecule has 3 aromatic rings. The lowest BCUT2D eigenvalue weighted by Gasteiger charge is -2.35. The number of aromatic nitrogens is 3. The van der Waals surface area contributed by atoms with Crippen molar-refractivity contribution in [2.75, 3.05) is 43.6 Å². The first-order valence-electron chi connectivity index (χ1n) is 12.1. The average Bonchev–Trinajstić information content (AvgIpc) is 2.86. The van der Waals surface area contributed by atoms with Gasteiger partial charge in [-0.1, -0.05) is 0 Å². The van der Waals surface area contributed by atoms with E-state index in [1.54, 1.807) is 7.11 Å². The summed E-state index contributed by atoms with van der Waals surface area (Å²) in [5, 5.41) is 14.0. The maximum absolute atomic E-state index is 9.74. The number of morpholine rings is 1. The van der Waals surface area contributed by atoms with E-state index >= 15 is 0 Å². The Labute approximate surface area is 206 Å². The fraction of sp³-hybridized carbons (Fsp3) is 0.500. The maximum Gasteiger partial charge on any atom is 0.226 e. The smallest absolute Gasteiger partial charge is 0.226 e. The predicted octanol–water partition coefficient (Wildman–Crippen LogP) is 3.64. The molecule has 0 amide bonds. The Balaban J connectivity index is 1.74. The zero-order valence-electron chi connectivity index (χ0n) is 21.1. The predicted molar refractivity (Wildman–Crippen MR) is 137 cm³/mol. The van der Waals surface area contributed by atoms with E-state index in [-0.39, 0.29) is 24.9 Å². The van der Waals surface area contributed by atoms with E-state index in [0.717, 1.165) is 29.0 Å². The standard InChI is InChI=1S/C26H35N5O4/c1-16(2)35-18(4)13-27-26-29-24-21(25(30-26)31-10-11-34-15-17(31)3)7-8-22(28-24)19-6-9-23(33-5)20(12-19)14-32/h6-9,12,16-18,32H,10-11,13-15H2,1-5H3,(H,27,28,29,30)/t17-,18-/m0/s1. The number of aliphatic hydroxyl groups excluding tert-OH is 1. The van der Waals surface area contributed by atoms with Crippen LogP contribution in [-0.4, -0.2) is 71.7 Å². The minimum Gasteiger partial charge on any atom is -0.496 e. The Morgan fingerprint density at radius 3 is 2.71 bits per heavy atom. The first-order chi connectivity index (χ1) is 16.9. The molecule has 9 heteroatoms. The number of rotatable bonds is 9. The fourth-order valence-electron chi connectivity index (χ4n) is 4.30. The van der Waals surface area contributed by atoms with E-state index in [1.165, 1.54) is 0 Å². The van der Waals surface area contributed by atoms with E-state index < -0.39 is 0 Å². The molecule has 0 radical (unpaired) electrons. The van der Waals surface area contributed by atoms with Gasteiger partial charge in [0.05, 0.1) is 56.3 Å². The van der Waals surface area contributed by atoms with Crippen molar-refractivity contribution in [3.63, 3.8) is 0 Å². The molecule has 35 heavy (non-hydrogen) atoms. The number of aliphatic hydroxyl groups is 1. The highest BCUT2D eigenvalue weighted by molar-refractivity contribution is 5.90. The number of nitrogens with one attached hydrogen (secondary N) is 1. The van der Waals surface area contributed by atoms with E-state index in [9.17, 15) is 5.11 Å². The van der Waals surface area contributed by atoms with Crippen molar-refractivity contribution in [2.24, 2.45) is 0 Å². The number of nitrogens with zero attached hydrogens (tertiary/aromatic N) is 4. The van der Waals surface area contributed by atoms with Gasteiger partial charge >= 0.3 is 0 Å². The monoisotopic (exact) mass is 481 g/mol. The molecular formula is C26H35N5O4. The highest BCUT2D eigenvalue weighted by atomic mass is 16.5. The van der Waals surface area contributed by atoms with Gasteiger partial charge in [-0.25, -0.2) is 4.98 Å². The number of fused-ring (bicyclic) bond motifs is 1. The summed E-state index contributed by atoms with van der Waals surface area (Å²) in [5.74, 6) is 2.00. The van der Waals surface area contributed by atoms with Crippen molar-refractivity contribution >= 4 is 22.8 Å². The molecule has 9 nitrogen and oxygen atoms in total. The van der Waals surface area contributed by atoms with Crippen molar-refractivity contribution in [1.82, 2.24) is 15.0 Å². The van der Waals surface area contributed by atoms with Crippen LogP contribution in [0.25, 0.3) is 22.3 Å². The molecule has 2 atom stereocenters. The van der Waals surface area contributed by atoms with Crippen LogP contribution in [0.1, 0.15) is 33.3 Å². The second-order valence-corrected chi connectivity index (χ2v) is 9.12. The summed E-state index contributed by atoms with van der Waals surface area (Å²) in [6, 6.07) is 9.84. The Morgan fingerprint density at radius 2 is 2.00 bits per heavy atom. The molecule has 0 unspecified atom stereocenters. The lowest BCUT2D eigenvalue weighted by atomic mass is 10.1. The highest BCUT2D eigenvalue weighted by Gasteiger charge is 2.24. The van der Waals surface area contributed by atoms with Crippen LogP contribution in [0.4, 0.5) is 11.8 Å². The van der Waals surface area contributed by atoms with Gasteiger partial charge < -0.3 is 29.5 Å². The van der Waals surface area contributed by atoms with Crippen LogP contribution >= 0.6 is 0 Å². The van der Waals surface area contributed by atoms with Crippen molar-refractivity contribution in [3.8, 4) is 17.0 Å². The minimum atomic E-state index is -0.115. The van der Waals surface area contributed by atoms with E-state index in [2.05, 4.69) is 17.1 Å². The minimum absolute atomic E-state index is 0.00977. The van der Waals surface area contributed by atoms with Crippen molar-refractivity contribution in [1.29, 1.82) is 0 Å². The third-order valence-corrected chi connectivity index (χ3v) is 5.98. The van der Waals surface area contributed by atoms with Crippen LogP contribution in [-0.2, 0) is 16.1 Å². The van der Waals surface area contributed by atoms with Gasteiger partial charge in [-0.15, -0.1) is 0 Å². The van der Waals surface area contributed by atoms with Gasteiger partial charge in [0.1, 0.15) is 11.6 Å². The molecule has 1 aliphatic rings. The van der Waals surface area contributed by atoms with Crippen molar-refractivity contribution in [2.45, 2.75) is 52.6 Å². The number of anilines is 2. The molecule has 3 heterocycles. The van der Waals surface area contributed by atoms with Gasteiger partial charge in [-0.3, -0.25) is 0 Å². The van der Waals surface area contributed by atoms with Gasteiger partial charge in [0, 0.05) is 24.2 Å². The van der Waals surface area contributed by atoms with Gasteiger partial charge in [0.15, 0.2) is 5.65 Å². The SMILES string of the molecule is COc1ccc(-c2ccc3c(N4CCOC[C@@H]4C)nc(NC[C@H](C)OC(C)C)nc3n2)cc1CO. The third-order valence-electron chi connectivity index (χ3n) is 5.98. The molecule has 0 bridgehead atoms. The third kappa shape index (κ3) is 5.80. The number of benzene rings is 1. The summed E-state index contributed by atoms with van der Waals surface area (Å²) < 4.78 is 16.8. The zero-order chi connectivity index (χ0) is 24.9. The van der Waals surface area contributed by atoms with Crippen molar-refractivity contribution < 1.29 is 19.3 Å². The lowest BCUT2D eigenvalue weighted by molar-refractivity contribution is 0.0265. The highest BCUT2D eigenvalue weighted by Crippen LogP contribution is 2.31. The molecule has 1 fully saturated rings. The van der Waals surface area contributed by atoms with Gasteiger partial charge in [-0.2, -0.15) is 9.97 Å². The van der Waals surface area contributed by atoms with Crippen LogP contribution in [0.15, 0.2) is 30.3 Å². The summed E-state index contributed by atoms with van der Waals surface area (Å²) in [5.41, 5.74) is 2.95. The van der Waals surface area contributed by atoms with E-state index in [1.807, 2.05) is 51.1 Å². The fourth-order valence-corrected chi connectivity index (χ4v) is 4.30. The molecule has 2 N–H and O–H groups in total. The topological polar surface area (TPSA) is 102 Å². The Kier molecular flexibility index (Phi) is 8.00. The van der Waals surface area contributed by atoms with Gasteiger partial charge in [-0.05, 0) is 58.0 Å². The normalized spacial score (nSPS) is 17.1. The first kappa shape index (κ1) is 25.1. The van der Waals surface area contributed by atoms with E-state index in [0.29, 0.717) is 42.7 Å².